The Labute approximate surface area is 282 Å². The summed E-state index contributed by atoms with van der Waals surface area (Å²) in [5, 5.41) is 41.0. The average Bonchev–Trinajstić information content (AvgIpc) is 3.59. The smallest absolute Gasteiger partial charge is 0.351 e. The number of benzene rings is 1. The molecular formula is C27H34N8O12S2. The number of fused-ring (bicyclic) bond motifs is 1. The maximum Gasteiger partial charge on any atom is 0.351 e. The number of carbonyl (C=O) groups excluding carboxylic acids is 2. The second kappa shape index (κ2) is 14.2. The second-order valence-electron chi connectivity index (χ2n) is 11.8. The number of hydrogen-bond acceptors (Lipinski definition) is 16. The van der Waals surface area contributed by atoms with Crippen molar-refractivity contribution in [1.82, 2.24) is 25.4 Å². The van der Waals surface area contributed by atoms with Gasteiger partial charge in [0.2, 0.25) is 16.6 Å². The normalized spacial score (nSPS) is 19.2. The maximum atomic E-state index is 13.3. The molecule has 0 aliphatic carbocycles. The van der Waals surface area contributed by atoms with Crippen LogP contribution in [0.15, 0.2) is 34.9 Å². The summed E-state index contributed by atoms with van der Waals surface area (Å²) in [4.78, 5) is 47.1. The van der Waals surface area contributed by atoms with Gasteiger partial charge >= 0.3 is 5.97 Å². The Bertz CT molecular complexity index is 1870. The molecule has 2 amide bonds. The number of hydroxylamine groups is 2. The fourth-order valence-corrected chi connectivity index (χ4v) is 6.13. The molecule has 1 aromatic carbocycles. The number of nitrogens with zero attached hydrogens (tertiary/aromatic N) is 5. The number of carboxylic acid groups (broad SMARTS) is 1. The summed E-state index contributed by atoms with van der Waals surface area (Å²) < 4.78 is 46.7. The highest BCUT2D eigenvalue weighted by atomic mass is 32.3. The van der Waals surface area contributed by atoms with Crippen molar-refractivity contribution in [2.45, 2.75) is 50.7 Å². The largest absolute Gasteiger partial charge is 0.724 e. The lowest BCUT2D eigenvalue weighted by Crippen LogP contribution is -2.76. The first-order valence-electron chi connectivity index (χ1n) is 14.7. The average molecular weight is 727 g/mol. The molecule has 0 saturated carbocycles. The molecule has 20 nitrogen and oxygen atoms in total. The number of nitrogen functional groups attached to an aromatic ring is 1. The number of aliphatic hydroxyl groups is 2. The Morgan fingerprint density at radius 2 is 2.08 bits per heavy atom. The van der Waals surface area contributed by atoms with Crippen molar-refractivity contribution < 1.29 is 61.2 Å². The number of nitrogens with one attached hydrogen (secondary N) is 2. The molecule has 2 aliphatic rings. The number of carboxylic acids is 1. The van der Waals surface area contributed by atoms with E-state index in [0.717, 1.165) is 35.3 Å². The van der Waals surface area contributed by atoms with Crippen molar-refractivity contribution in [2.24, 2.45) is 11.1 Å². The minimum Gasteiger partial charge on any atom is -0.724 e. The van der Waals surface area contributed by atoms with E-state index in [0.29, 0.717) is 17.5 Å². The number of thiazole rings is 1. The molecule has 5 rings (SSSR count). The van der Waals surface area contributed by atoms with E-state index in [1.165, 1.54) is 19.2 Å². The van der Waals surface area contributed by atoms with Crippen LogP contribution in [0.3, 0.4) is 0 Å². The zero-order chi connectivity index (χ0) is 35.7. The fraction of sp³-hybridized carbons (Fsp3) is 0.481. The van der Waals surface area contributed by atoms with E-state index in [-0.39, 0.29) is 23.1 Å². The van der Waals surface area contributed by atoms with Gasteiger partial charge in [0.25, 0.3) is 17.9 Å². The van der Waals surface area contributed by atoms with E-state index in [9.17, 15) is 42.7 Å². The zero-order valence-corrected chi connectivity index (χ0v) is 27.7. The topological polar surface area (TPSA) is 284 Å². The Kier molecular flexibility index (Phi) is 10.4. The van der Waals surface area contributed by atoms with Crippen LogP contribution >= 0.6 is 11.3 Å². The number of aliphatic carboxylic acids is 1. The van der Waals surface area contributed by atoms with Crippen molar-refractivity contribution in [3.8, 4) is 5.75 Å². The van der Waals surface area contributed by atoms with Crippen LogP contribution in [0.4, 0.5) is 5.13 Å². The Hall–Kier alpha value is -4.45. The predicted octanol–water partition coefficient (Wildman–Crippen LogP) is -2.71. The number of oxime groups is 1. The van der Waals surface area contributed by atoms with Crippen LogP contribution in [0.1, 0.15) is 19.5 Å². The number of ether oxygens (including phenoxy) is 1. The van der Waals surface area contributed by atoms with Gasteiger partial charge in [-0.15, -0.1) is 16.0 Å². The van der Waals surface area contributed by atoms with E-state index in [4.69, 9.17) is 15.3 Å². The predicted molar refractivity (Wildman–Crippen MR) is 166 cm³/mol. The number of aromatic nitrogens is 3. The molecule has 0 radical (unpaired) electrons. The molecule has 7 N–H and O–H groups in total. The maximum absolute atomic E-state index is 13.3. The monoisotopic (exact) mass is 726 g/mol. The van der Waals surface area contributed by atoms with Gasteiger partial charge in [0.05, 0.1) is 17.5 Å². The molecule has 3 atom stereocenters. The van der Waals surface area contributed by atoms with Gasteiger partial charge in [-0.25, -0.2) is 18.2 Å². The van der Waals surface area contributed by atoms with Crippen molar-refractivity contribution in [2.75, 3.05) is 32.0 Å². The highest BCUT2D eigenvalue weighted by Crippen LogP contribution is 2.33. The zero-order valence-electron chi connectivity index (χ0n) is 26.1. The number of aliphatic hydroxyl groups excluding tert-OH is 2. The van der Waals surface area contributed by atoms with E-state index in [1.54, 1.807) is 18.2 Å². The van der Waals surface area contributed by atoms with Gasteiger partial charge in [0, 0.05) is 24.4 Å². The quantitative estimate of drug-likeness (QED) is 0.0219. The third-order valence-electron chi connectivity index (χ3n) is 7.83. The van der Waals surface area contributed by atoms with E-state index >= 15 is 0 Å². The van der Waals surface area contributed by atoms with E-state index in [2.05, 4.69) is 25.1 Å². The summed E-state index contributed by atoms with van der Waals surface area (Å²) in [6, 6.07) is 3.63. The van der Waals surface area contributed by atoms with Crippen LogP contribution in [0, 0.1) is 5.92 Å². The molecule has 3 aromatic rings. The summed E-state index contributed by atoms with van der Waals surface area (Å²) in [5.41, 5.74) is 4.29. The van der Waals surface area contributed by atoms with Crippen molar-refractivity contribution >= 4 is 61.3 Å². The van der Waals surface area contributed by atoms with Crippen molar-refractivity contribution in [3.05, 3.63) is 35.5 Å². The molecule has 0 bridgehead atoms. The molecule has 2 aromatic heterocycles. The Balaban J connectivity index is 1.31. The van der Waals surface area contributed by atoms with Crippen LogP contribution in [0.5, 0.6) is 5.75 Å². The Morgan fingerprint density at radius 3 is 2.65 bits per heavy atom. The molecule has 2 aliphatic heterocycles. The third kappa shape index (κ3) is 8.07. The van der Waals surface area contributed by atoms with Crippen LogP contribution in [-0.2, 0) is 47.0 Å². The summed E-state index contributed by atoms with van der Waals surface area (Å²) in [7, 11) is -5.28. The molecule has 22 heteroatoms. The van der Waals surface area contributed by atoms with Crippen molar-refractivity contribution in [1.29, 1.82) is 0 Å². The SMILES string of the molecule is CC1(C)[C@H](NC(=O)/C(=N\OC(COc2ccc3c(c2)c[n+](CC2CNC2)n3CC(O)CO)C(=O)O)c2csc(N)n2)C(=O)N1OS(=O)(=O)[O-]. The van der Waals surface area contributed by atoms with Gasteiger partial charge in [-0.2, -0.15) is 14.0 Å². The van der Waals surface area contributed by atoms with Gasteiger partial charge < -0.3 is 45.8 Å². The van der Waals surface area contributed by atoms with Crippen molar-refractivity contribution in [3.63, 3.8) is 0 Å². The lowest BCUT2D eigenvalue weighted by atomic mass is 9.84. The molecule has 2 fully saturated rings. The number of anilines is 1. The standard InChI is InChI=1S/C27H34N8O12S2/c1-27(2)22(24(39)35(27)47-49(42,43)44)31-23(38)21(18-13-48-26(28)30-18)32-46-20(25(40)41)12-45-17-3-4-19-15(5-17)9-33(8-14-6-29-7-14)34(19)10-16(37)11-36/h3-5,9,13-14,16,20,22,29,36-37H,6-8,10-12H2,1-2H3,(H4-,28,30,31,38,40,41,42,43,44)/b32-21-/t16?,20?,22-/m1/s1. The summed E-state index contributed by atoms with van der Waals surface area (Å²) >= 11 is 0.939. The summed E-state index contributed by atoms with van der Waals surface area (Å²) in [6.07, 6.45) is -0.849. The molecule has 4 heterocycles. The summed E-state index contributed by atoms with van der Waals surface area (Å²) in [6.45, 7) is 4.20. The highest BCUT2D eigenvalue weighted by molar-refractivity contribution is 7.80. The van der Waals surface area contributed by atoms with Gasteiger partial charge in [0.15, 0.2) is 17.4 Å². The van der Waals surface area contributed by atoms with Gasteiger partial charge in [-0.05, 0) is 32.0 Å². The van der Waals surface area contributed by atoms with E-state index in [1.807, 2.05) is 15.6 Å². The minimum atomic E-state index is -5.28. The lowest BCUT2D eigenvalue weighted by molar-refractivity contribution is -0.779. The molecule has 2 unspecified atom stereocenters. The van der Waals surface area contributed by atoms with Crippen LogP contribution in [0.25, 0.3) is 10.9 Å². The minimum absolute atomic E-state index is 0.0367. The first-order valence-corrected chi connectivity index (χ1v) is 16.9. The number of amides is 2. The van der Waals surface area contributed by atoms with Crippen LogP contribution in [0.2, 0.25) is 0 Å². The number of carbonyl (C=O) groups is 3. The second-order valence-corrected chi connectivity index (χ2v) is 13.7. The van der Waals surface area contributed by atoms with E-state index < -0.39 is 70.9 Å². The molecule has 266 valence electrons. The van der Waals surface area contributed by atoms with Gasteiger partial charge in [0.1, 0.15) is 42.3 Å². The number of hydrogen-bond donors (Lipinski definition) is 6. The number of rotatable bonds is 16. The van der Waals surface area contributed by atoms with Crippen LogP contribution < -0.4 is 25.8 Å². The fourth-order valence-electron chi connectivity index (χ4n) is 5.14. The molecule has 2 saturated heterocycles. The van der Waals surface area contributed by atoms with Gasteiger partial charge in [-0.1, -0.05) is 5.16 Å². The lowest BCUT2D eigenvalue weighted by Gasteiger charge is -2.51. The molecule has 0 spiro atoms. The first kappa shape index (κ1) is 35.8. The number of nitrogens with two attached hydrogens (primary N) is 1. The van der Waals surface area contributed by atoms with Gasteiger partial charge in [-0.3, -0.25) is 9.59 Å². The highest BCUT2D eigenvalue weighted by Gasteiger charge is 2.57. The summed E-state index contributed by atoms with van der Waals surface area (Å²) in [5.74, 6) is -2.91. The Morgan fingerprint density at radius 1 is 1.35 bits per heavy atom. The number of β-lactam (4-membered cyclic amide) rings is 1. The first-order chi connectivity index (χ1) is 23.1. The van der Waals surface area contributed by atoms with Crippen LogP contribution in [-0.4, -0.2) is 117 Å². The third-order valence-corrected chi connectivity index (χ3v) is 8.83. The molecular weight excluding hydrogens is 692 g/mol. The molecule has 49 heavy (non-hydrogen) atoms.